The molecule has 1 aromatic carbocycles. The summed E-state index contributed by atoms with van der Waals surface area (Å²) in [6.07, 6.45) is 0. The van der Waals surface area contributed by atoms with Crippen LogP contribution in [-0.2, 0) is 10.0 Å². The van der Waals surface area contributed by atoms with Gasteiger partial charge in [-0.3, -0.25) is 27.9 Å². The molecule has 0 saturated heterocycles. The summed E-state index contributed by atoms with van der Waals surface area (Å²) < 4.78 is 24.8. The Hall–Kier alpha value is -0.840. The Bertz CT molecular complexity index is 536. The Morgan fingerprint density at radius 1 is 1.20 bits per heavy atom. The molecule has 106 valence electrons. The third kappa shape index (κ3) is 9.13. The molecule has 0 saturated carbocycles. The van der Waals surface area contributed by atoms with Crippen molar-refractivity contribution in [3.8, 4) is 0 Å². The molecular formula is C9H14ClN6NaO2S. The molecular weight excluding hydrogens is 315 g/mol. The topological polar surface area (TPSA) is 160 Å². The quantitative estimate of drug-likeness (QED) is 0.231. The van der Waals surface area contributed by atoms with Crippen LogP contribution in [0.1, 0.15) is 5.56 Å². The predicted molar refractivity (Wildman–Crippen MR) is 74.5 cm³/mol. The molecule has 11 heteroatoms. The third-order valence-electron chi connectivity index (χ3n) is 1.68. The van der Waals surface area contributed by atoms with Gasteiger partial charge in [-0.25, -0.2) is 8.42 Å². The molecule has 8 nitrogen and oxygen atoms in total. The van der Waals surface area contributed by atoms with E-state index >= 15 is 0 Å². The van der Waals surface area contributed by atoms with E-state index in [0.29, 0.717) is 0 Å². The summed E-state index contributed by atoms with van der Waals surface area (Å²) in [5.41, 5.74) is 10.5. The number of rotatable bonds is 2. The summed E-state index contributed by atoms with van der Waals surface area (Å²) in [6.45, 7) is 1.87. The standard InChI is InChI=1S/C7H7ClNO2S.C2H7N5.Na/c1-6-2-4-7(5-3-6)12(10,11)9-8;3-1(4)7-2(5)6;/h2-5H,1H3;(H7,3,4,5,6,7);/q-1;;+1. The summed E-state index contributed by atoms with van der Waals surface area (Å²) in [5, 5.41) is 15.0. The van der Waals surface area contributed by atoms with Gasteiger partial charge in [0.1, 0.15) is 10.0 Å². The number of halogens is 1. The van der Waals surface area contributed by atoms with E-state index in [-0.39, 0.29) is 46.4 Å². The van der Waals surface area contributed by atoms with E-state index in [9.17, 15) is 8.42 Å². The van der Waals surface area contributed by atoms with Gasteiger partial charge in [0.2, 0.25) is 0 Å². The number of sulfonamides is 1. The van der Waals surface area contributed by atoms with Gasteiger partial charge in [-0.05, 0) is 19.1 Å². The van der Waals surface area contributed by atoms with Gasteiger partial charge < -0.3 is 15.7 Å². The van der Waals surface area contributed by atoms with E-state index in [1.165, 1.54) is 12.1 Å². The van der Waals surface area contributed by atoms with Gasteiger partial charge in [-0.15, -0.1) is 0 Å². The zero-order chi connectivity index (χ0) is 15.1. The molecule has 1 rings (SSSR count). The van der Waals surface area contributed by atoms with Crippen molar-refractivity contribution < 1.29 is 38.0 Å². The Kier molecular flexibility index (Phi) is 10.7. The van der Waals surface area contributed by atoms with Crippen molar-refractivity contribution in [2.24, 2.45) is 11.5 Å². The van der Waals surface area contributed by atoms with Crippen molar-refractivity contribution in [1.82, 2.24) is 5.32 Å². The maximum Gasteiger partial charge on any atom is 1.00 e. The summed E-state index contributed by atoms with van der Waals surface area (Å²) in [5.74, 6) is -0.625. The first kappa shape index (κ1) is 21.5. The summed E-state index contributed by atoms with van der Waals surface area (Å²) >= 11 is 4.90. The van der Waals surface area contributed by atoms with Crippen molar-refractivity contribution in [1.29, 1.82) is 10.8 Å². The molecule has 0 unspecified atom stereocenters. The Morgan fingerprint density at radius 2 is 1.60 bits per heavy atom. The molecule has 7 N–H and O–H groups in total. The van der Waals surface area contributed by atoms with Gasteiger partial charge >= 0.3 is 29.6 Å². The van der Waals surface area contributed by atoms with Crippen LogP contribution in [0.15, 0.2) is 29.2 Å². The van der Waals surface area contributed by atoms with E-state index in [2.05, 4.69) is 4.24 Å². The van der Waals surface area contributed by atoms with Crippen molar-refractivity contribution in [2.45, 2.75) is 11.8 Å². The number of hydrogen-bond acceptors (Lipinski definition) is 4. The van der Waals surface area contributed by atoms with Gasteiger partial charge in [-0.1, -0.05) is 17.7 Å². The first-order valence-electron chi connectivity index (χ1n) is 4.79. The van der Waals surface area contributed by atoms with Crippen LogP contribution >= 0.6 is 11.8 Å². The Balaban J connectivity index is 0. The molecule has 0 atom stereocenters. The number of guanidine groups is 2. The van der Waals surface area contributed by atoms with Crippen LogP contribution in [0.25, 0.3) is 4.24 Å². The maximum atomic E-state index is 11.0. The fourth-order valence-electron chi connectivity index (χ4n) is 0.895. The fourth-order valence-corrected chi connectivity index (χ4v) is 1.69. The van der Waals surface area contributed by atoms with E-state index in [1.807, 2.05) is 12.2 Å². The molecule has 20 heavy (non-hydrogen) atoms. The second-order valence-corrected chi connectivity index (χ2v) is 5.28. The molecule has 0 aliphatic rings. The molecule has 0 radical (unpaired) electrons. The smallest absolute Gasteiger partial charge is 0.458 e. The van der Waals surface area contributed by atoms with Crippen LogP contribution in [0.3, 0.4) is 0 Å². The number of aryl methyl sites for hydroxylation is 1. The predicted octanol–water partition coefficient (Wildman–Crippen LogP) is -2.42. The molecule has 0 aliphatic heterocycles. The Labute approximate surface area is 144 Å². The van der Waals surface area contributed by atoms with Crippen LogP contribution < -0.4 is 46.3 Å². The molecule has 0 amide bonds. The minimum atomic E-state index is -3.62. The summed E-state index contributed by atoms with van der Waals surface area (Å²) in [4.78, 5) is 0.114. The fraction of sp³-hybridized carbons (Fsp3) is 0.111. The average molecular weight is 329 g/mol. The third-order valence-corrected chi connectivity index (χ3v) is 3.27. The minimum Gasteiger partial charge on any atom is -0.458 e. The molecule has 0 aromatic heterocycles. The molecule has 1 aromatic rings. The second kappa shape index (κ2) is 9.97. The monoisotopic (exact) mass is 328 g/mol. The normalized spacial score (nSPS) is 9.50. The van der Waals surface area contributed by atoms with E-state index < -0.39 is 10.0 Å². The molecule has 0 heterocycles. The van der Waals surface area contributed by atoms with E-state index in [0.717, 1.165) is 5.56 Å². The van der Waals surface area contributed by atoms with E-state index in [1.54, 1.807) is 12.1 Å². The van der Waals surface area contributed by atoms with Crippen LogP contribution in [0.2, 0.25) is 0 Å². The van der Waals surface area contributed by atoms with Crippen LogP contribution in [-0.4, -0.2) is 20.3 Å². The van der Waals surface area contributed by atoms with Gasteiger partial charge in [0.05, 0.1) is 0 Å². The van der Waals surface area contributed by atoms with Crippen LogP contribution in [0, 0.1) is 17.7 Å². The summed E-state index contributed by atoms with van der Waals surface area (Å²) in [7, 11) is -3.62. The van der Waals surface area contributed by atoms with Crippen molar-refractivity contribution in [3.63, 3.8) is 0 Å². The molecule has 0 aliphatic carbocycles. The number of hydrogen-bond donors (Lipinski definition) is 5. The van der Waals surface area contributed by atoms with Gasteiger partial charge in [0, 0.05) is 4.90 Å². The minimum absolute atomic E-state index is 0. The largest absolute Gasteiger partial charge is 1.00 e. The SMILES string of the molecule is Cc1ccc(S(=O)(=O)[N-]Cl)cc1.N=C(N)NC(=N)N.[Na+]. The second-order valence-electron chi connectivity index (χ2n) is 3.31. The first-order chi connectivity index (χ1) is 8.69. The van der Waals surface area contributed by atoms with Crippen molar-refractivity contribution >= 4 is 33.7 Å². The number of nitrogens with two attached hydrogens (primary N) is 2. The van der Waals surface area contributed by atoms with Crippen LogP contribution in [0.4, 0.5) is 0 Å². The number of benzene rings is 1. The van der Waals surface area contributed by atoms with Crippen molar-refractivity contribution in [3.05, 3.63) is 34.1 Å². The zero-order valence-corrected chi connectivity index (χ0v) is 14.6. The Morgan fingerprint density at radius 3 is 1.85 bits per heavy atom. The maximum absolute atomic E-state index is 11.0. The van der Waals surface area contributed by atoms with Crippen LogP contribution in [0.5, 0.6) is 0 Å². The first-order valence-corrected chi connectivity index (χ1v) is 6.57. The zero-order valence-electron chi connectivity index (χ0n) is 11.0. The number of nitrogens with zero attached hydrogens (tertiary/aromatic N) is 1. The molecule has 0 spiro atoms. The van der Waals surface area contributed by atoms with Gasteiger partial charge in [-0.2, -0.15) is 0 Å². The molecule has 0 bridgehead atoms. The van der Waals surface area contributed by atoms with Crippen molar-refractivity contribution in [2.75, 3.05) is 0 Å². The van der Waals surface area contributed by atoms with Gasteiger partial charge in [0.15, 0.2) is 11.9 Å². The summed E-state index contributed by atoms with van der Waals surface area (Å²) in [6, 6.07) is 6.32. The molecule has 0 fully saturated rings. The van der Waals surface area contributed by atoms with E-state index in [4.69, 9.17) is 34.1 Å². The average Bonchev–Trinajstić information content (AvgIpc) is 2.28. The number of nitrogens with one attached hydrogen (secondary N) is 3. The van der Waals surface area contributed by atoms with Gasteiger partial charge in [0.25, 0.3) is 0 Å².